The molecule has 0 bridgehead atoms. The third kappa shape index (κ3) is 6.08. The van der Waals surface area contributed by atoms with Crippen molar-refractivity contribution < 1.29 is 17.9 Å². The molecule has 0 aliphatic carbocycles. The van der Waals surface area contributed by atoms with Crippen LogP contribution in [0.5, 0.6) is 5.75 Å². The van der Waals surface area contributed by atoms with Gasteiger partial charge in [0.25, 0.3) is 15.9 Å². The number of aryl methyl sites for hydroxylation is 2. The molecule has 0 saturated heterocycles. The van der Waals surface area contributed by atoms with Gasteiger partial charge in [-0.2, -0.15) is 0 Å². The zero-order valence-electron chi connectivity index (χ0n) is 17.8. The first-order chi connectivity index (χ1) is 14.7. The average Bonchev–Trinajstić information content (AvgIpc) is 2.75. The van der Waals surface area contributed by atoms with Crippen molar-refractivity contribution in [3.63, 3.8) is 0 Å². The molecule has 2 N–H and O–H groups in total. The van der Waals surface area contributed by atoms with Crippen molar-refractivity contribution in [1.82, 2.24) is 5.32 Å². The molecule has 31 heavy (non-hydrogen) atoms. The Morgan fingerprint density at radius 2 is 1.61 bits per heavy atom. The van der Waals surface area contributed by atoms with Crippen LogP contribution in [0.1, 0.15) is 28.4 Å². The summed E-state index contributed by atoms with van der Waals surface area (Å²) < 4.78 is 33.1. The molecule has 0 heterocycles. The second kappa shape index (κ2) is 9.66. The van der Waals surface area contributed by atoms with E-state index in [4.69, 9.17) is 4.74 Å². The van der Waals surface area contributed by atoms with Crippen LogP contribution in [0.25, 0.3) is 0 Å². The number of hydrogen-bond donors (Lipinski definition) is 2. The Balaban J connectivity index is 1.55. The molecule has 0 aliphatic heterocycles. The summed E-state index contributed by atoms with van der Waals surface area (Å²) >= 11 is 0. The number of carbonyl (C=O) groups excluding carboxylic acids is 1. The van der Waals surface area contributed by atoms with Crippen LogP contribution in [0.3, 0.4) is 0 Å². The smallest absolute Gasteiger partial charge is 0.261 e. The first kappa shape index (κ1) is 22.4. The van der Waals surface area contributed by atoms with Gasteiger partial charge in [0.15, 0.2) is 0 Å². The highest BCUT2D eigenvalue weighted by atomic mass is 32.2. The first-order valence-electron chi connectivity index (χ1n) is 9.93. The molecule has 3 aromatic carbocycles. The second-order valence-corrected chi connectivity index (χ2v) is 9.11. The fraction of sp³-hybridized carbons (Fsp3) is 0.208. The Hall–Kier alpha value is -3.32. The molecule has 3 aromatic rings. The molecule has 0 saturated carbocycles. The van der Waals surface area contributed by atoms with Gasteiger partial charge in [-0.25, -0.2) is 8.42 Å². The number of carbonyl (C=O) groups is 1. The summed E-state index contributed by atoms with van der Waals surface area (Å²) in [6, 6.07) is 20.1. The number of sulfonamides is 1. The maximum Gasteiger partial charge on any atom is 0.261 e. The average molecular weight is 439 g/mol. The molecule has 7 heteroatoms. The predicted molar refractivity (Wildman–Crippen MR) is 122 cm³/mol. The van der Waals surface area contributed by atoms with Gasteiger partial charge in [-0.05, 0) is 80.4 Å². The highest BCUT2D eigenvalue weighted by Gasteiger charge is 2.15. The molecule has 0 aliphatic rings. The van der Waals surface area contributed by atoms with E-state index in [9.17, 15) is 13.2 Å². The summed E-state index contributed by atoms with van der Waals surface area (Å²) in [4.78, 5) is 12.7. The van der Waals surface area contributed by atoms with Gasteiger partial charge in [0.05, 0.1) is 10.9 Å². The van der Waals surface area contributed by atoms with Gasteiger partial charge in [-0.3, -0.25) is 9.52 Å². The van der Waals surface area contributed by atoms with Gasteiger partial charge in [-0.15, -0.1) is 0 Å². The van der Waals surface area contributed by atoms with Crippen LogP contribution in [-0.4, -0.2) is 27.0 Å². The molecule has 162 valence electrons. The normalized spacial score (nSPS) is 12.1. The monoisotopic (exact) mass is 438 g/mol. The van der Waals surface area contributed by atoms with Crippen molar-refractivity contribution in [3.05, 3.63) is 89.5 Å². The molecule has 6 nitrogen and oxygen atoms in total. The summed E-state index contributed by atoms with van der Waals surface area (Å²) in [6.45, 7) is 6.27. The number of hydrogen-bond acceptors (Lipinski definition) is 4. The number of amides is 1. The highest BCUT2D eigenvalue weighted by Crippen LogP contribution is 2.18. The topological polar surface area (TPSA) is 84.5 Å². The summed E-state index contributed by atoms with van der Waals surface area (Å²) in [5.41, 5.74) is 3.16. The van der Waals surface area contributed by atoms with E-state index in [2.05, 4.69) is 10.0 Å². The van der Waals surface area contributed by atoms with Crippen molar-refractivity contribution >= 4 is 21.6 Å². The lowest BCUT2D eigenvalue weighted by molar-refractivity contribution is 0.0926. The summed E-state index contributed by atoms with van der Waals surface area (Å²) in [6.07, 6.45) is 0. The van der Waals surface area contributed by atoms with E-state index in [1.54, 1.807) is 42.5 Å². The van der Waals surface area contributed by atoms with Crippen molar-refractivity contribution in [2.24, 2.45) is 0 Å². The summed E-state index contributed by atoms with van der Waals surface area (Å²) in [5, 5.41) is 2.88. The Labute approximate surface area is 183 Å². The Bertz CT molecular complexity index is 1140. The molecule has 1 amide bonds. The Morgan fingerprint density at radius 3 is 2.26 bits per heavy atom. The largest absolute Gasteiger partial charge is 0.491 e. The lowest BCUT2D eigenvalue weighted by Crippen LogP contribution is -2.36. The fourth-order valence-corrected chi connectivity index (χ4v) is 3.96. The molecule has 3 rings (SSSR count). The van der Waals surface area contributed by atoms with Crippen LogP contribution in [0.2, 0.25) is 0 Å². The van der Waals surface area contributed by atoms with E-state index in [0.29, 0.717) is 17.9 Å². The van der Waals surface area contributed by atoms with E-state index in [0.717, 1.165) is 11.3 Å². The number of anilines is 1. The van der Waals surface area contributed by atoms with Crippen LogP contribution >= 0.6 is 0 Å². The fourth-order valence-electron chi connectivity index (χ4n) is 2.88. The molecule has 1 unspecified atom stereocenters. The van der Waals surface area contributed by atoms with Crippen molar-refractivity contribution in [2.45, 2.75) is 31.7 Å². The molecule has 0 spiro atoms. The van der Waals surface area contributed by atoms with E-state index in [1.807, 2.05) is 39.0 Å². The predicted octanol–water partition coefficient (Wildman–Crippen LogP) is 4.30. The molecular weight excluding hydrogens is 412 g/mol. The lowest BCUT2D eigenvalue weighted by atomic mass is 10.1. The first-order valence-corrected chi connectivity index (χ1v) is 11.4. The van der Waals surface area contributed by atoms with Crippen LogP contribution < -0.4 is 14.8 Å². The van der Waals surface area contributed by atoms with Gasteiger partial charge in [0, 0.05) is 11.3 Å². The minimum atomic E-state index is -3.67. The number of ether oxygens (including phenoxy) is 1. The number of nitrogens with one attached hydrogen (secondary N) is 2. The number of rotatable bonds is 8. The minimum absolute atomic E-state index is 0.175. The van der Waals surface area contributed by atoms with Crippen molar-refractivity contribution in [1.29, 1.82) is 0 Å². The van der Waals surface area contributed by atoms with E-state index >= 15 is 0 Å². The van der Waals surface area contributed by atoms with Crippen LogP contribution in [-0.2, 0) is 10.0 Å². The second-order valence-electron chi connectivity index (χ2n) is 7.43. The zero-order chi connectivity index (χ0) is 22.4. The van der Waals surface area contributed by atoms with E-state index in [1.165, 1.54) is 17.7 Å². The molecule has 0 fully saturated rings. The summed E-state index contributed by atoms with van der Waals surface area (Å²) in [5.74, 6) is 0.507. The Kier molecular flexibility index (Phi) is 6.97. The van der Waals surface area contributed by atoms with E-state index in [-0.39, 0.29) is 16.8 Å². The van der Waals surface area contributed by atoms with Gasteiger partial charge >= 0.3 is 0 Å². The SMILES string of the molecule is Cc1ccc(OCC(C)NC(=O)c2ccc(NS(=O)(=O)c3ccccc3)cc2)cc1C. The minimum Gasteiger partial charge on any atom is -0.491 e. The maximum absolute atomic E-state index is 12.5. The highest BCUT2D eigenvalue weighted by molar-refractivity contribution is 7.92. The zero-order valence-corrected chi connectivity index (χ0v) is 18.6. The molecular formula is C24H26N2O4S. The quantitative estimate of drug-likeness (QED) is 0.549. The molecule has 0 radical (unpaired) electrons. The Morgan fingerprint density at radius 1 is 0.935 bits per heavy atom. The van der Waals surface area contributed by atoms with Gasteiger partial charge in [0.2, 0.25) is 0 Å². The van der Waals surface area contributed by atoms with Crippen molar-refractivity contribution in [3.8, 4) is 5.75 Å². The van der Waals surface area contributed by atoms with Crippen LogP contribution in [0.4, 0.5) is 5.69 Å². The van der Waals surface area contributed by atoms with Gasteiger partial charge in [0.1, 0.15) is 12.4 Å². The lowest BCUT2D eigenvalue weighted by Gasteiger charge is -2.16. The third-order valence-electron chi connectivity index (χ3n) is 4.81. The number of benzene rings is 3. The maximum atomic E-state index is 12.5. The van der Waals surface area contributed by atoms with Crippen LogP contribution in [0.15, 0.2) is 77.7 Å². The van der Waals surface area contributed by atoms with Gasteiger partial charge < -0.3 is 10.1 Å². The van der Waals surface area contributed by atoms with Crippen molar-refractivity contribution in [2.75, 3.05) is 11.3 Å². The van der Waals surface area contributed by atoms with Gasteiger partial charge in [-0.1, -0.05) is 24.3 Å². The van der Waals surface area contributed by atoms with E-state index < -0.39 is 10.0 Å². The standard InChI is InChI=1S/C24H26N2O4S/c1-17-9-14-22(15-18(17)2)30-16-19(3)25-24(27)20-10-12-21(13-11-20)26-31(28,29)23-7-5-4-6-8-23/h4-15,19,26H,16H2,1-3H3,(H,25,27). The third-order valence-corrected chi connectivity index (χ3v) is 6.21. The van der Waals surface area contributed by atoms with Crippen LogP contribution in [0, 0.1) is 13.8 Å². The summed E-state index contributed by atoms with van der Waals surface area (Å²) in [7, 11) is -3.67. The molecule has 1 atom stereocenters. The molecule has 0 aromatic heterocycles.